The van der Waals surface area contributed by atoms with Crippen LogP contribution in [-0.4, -0.2) is 40.8 Å². The lowest BCUT2D eigenvalue weighted by molar-refractivity contribution is -0.146. The van der Waals surface area contributed by atoms with E-state index in [1.807, 2.05) is 24.8 Å². The first-order chi connectivity index (χ1) is 11.9. The zero-order valence-electron chi connectivity index (χ0n) is 14.8. The maximum atomic E-state index is 12.8. The lowest BCUT2D eigenvalue weighted by Gasteiger charge is -2.50. The van der Waals surface area contributed by atoms with Crippen LogP contribution < -0.4 is 10.9 Å². The first-order valence-electron chi connectivity index (χ1n) is 9.21. The summed E-state index contributed by atoms with van der Waals surface area (Å²) in [4.78, 5) is 41.0. The van der Waals surface area contributed by atoms with Crippen LogP contribution in [0.5, 0.6) is 0 Å². The summed E-state index contributed by atoms with van der Waals surface area (Å²) in [6.45, 7) is 5.34. The van der Waals surface area contributed by atoms with E-state index >= 15 is 0 Å². The lowest BCUT2D eigenvalue weighted by atomic mass is 9.68. The topological polar surface area (TPSA) is 82.3 Å². The van der Waals surface area contributed by atoms with Gasteiger partial charge in [0.25, 0.3) is 5.91 Å². The summed E-state index contributed by atoms with van der Waals surface area (Å²) in [5.74, 6) is 0.893. The summed E-state index contributed by atoms with van der Waals surface area (Å²) >= 11 is 0. The fourth-order valence-electron chi connectivity index (χ4n) is 4.20. The minimum Gasteiger partial charge on any atom is -0.351 e. The Morgan fingerprint density at radius 3 is 2.36 bits per heavy atom. The molecule has 1 saturated carbocycles. The fourth-order valence-corrected chi connectivity index (χ4v) is 4.20. The van der Waals surface area contributed by atoms with Gasteiger partial charge in [-0.2, -0.15) is 0 Å². The number of aromatic nitrogens is 1. The summed E-state index contributed by atoms with van der Waals surface area (Å²) in [5.41, 5.74) is 0.899. The number of piperidine rings is 1. The molecule has 0 aromatic carbocycles. The van der Waals surface area contributed by atoms with Crippen molar-refractivity contribution in [2.75, 3.05) is 13.1 Å². The average molecular weight is 343 g/mol. The summed E-state index contributed by atoms with van der Waals surface area (Å²) in [7, 11) is 0. The molecule has 3 fully saturated rings. The Kier molecular flexibility index (Phi) is 3.74. The maximum Gasteiger partial charge on any atom is 0.254 e. The second-order valence-corrected chi connectivity index (χ2v) is 8.27. The zero-order valence-corrected chi connectivity index (χ0v) is 14.8. The molecule has 1 aromatic rings. The minimum absolute atomic E-state index is 0.0524. The molecule has 2 N–H and O–H groups in total. The first kappa shape index (κ1) is 16.4. The maximum absolute atomic E-state index is 12.8. The molecule has 2 saturated heterocycles. The lowest BCUT2D eigenvalue weighted by Crippen LogP contribution is -2.68. The van der Waals surface area contributed by atoms with Crippen LogP contribution >= 0.6 is 0 Å². The third-order valence-corrected chi connectivity index (χ3v) is 6.08. The van der Waals surface area contributed by atoms with Crippen molar-refractivity contribution >= 4 is 11.8 Å². The Bertz CT molecular complexity index is 770. The van der Waals surface area contributed by atoms with Gasteiger partial charge in [0.1, 0.15) is 0 Å². The summed E-state index contributed by atoms with van der Waals surface area (Å²) < 4.78 is 0. The van der Waals surface area contributed by atoms with Gasteiger partial charge >= 0.3 is 0 Å². The highest BCUT2D eigenvalue weighted by molar-refractivity contribution is 5.94. The van der Waals surface area contributed by atoms with Crippen molar-refractivity contribution in [3.63, 3.8) is 0 Å². The molecule has 6 heteroatoms. The number of hydrogen-bond acceptors (Lipinski definition) is 3. The van der Waals surface area contributed by atoms with Gasteiger partial charge in [0.05, 0.1) is 5.41 Å². The van der Waals surface area contributed by atoms with Crippen LogP contribution in [-0.2, 0) is 4.79 Å². The Hall–Kier alpha value is -2.11. The number of rotatable bonds is 3. The number of carbonyl (C=O) groups excluding carboxylic acids is 2. The molecule has 1 aliphatic carbocycles. The zero-order chi connectivity index (χ0) is 17.8. The second-order valence-electron chi connectivity index (χ2n) is 8.27. The third-order valence-electron chi connectivity index (χ3n) is 6.08. The number of likely N-dealkylation sites (tertiary alicyclic amines) is 1. The molecule has 0 radical (unpaired) electrons. The molecule has 3 aliphatic rings. The van der Waals surface area contributed by atoms with Crippen LogP contribution in [0.15, 0.2) is 16.9 Å². The Balaban J connectivity index is 1.42. The van der Waals surface area contributed by atoms with E-state index in [0.717, 1.165) is 31.4 Å². The molecule has 2 amide bonds. The molecule has 0 bridgehead atoms. The van der Waals surface area contributed by atoms with Gasteiger partial charge in [0.2, 0.25) is 11.5 Å². The first-order valence-corrected chi connectivity index (χ1v) is 9.21. The van der Waals surface area contributed by atoms with Crippen LogP contribution in [0.4, 0.5) is 0 Å². The van der Waals surface area contributed by atoms with Gasteiger partial charge in [0.15, 0.2) is 0 Å². The highest BCUT2D eigenvalue weighted by Crippen LogP contribution is 2.40. The van der Waals surface area contributed by atoms with Crippen LogP contribution in [0.25, 0.3) is 0 Å². The van der Waals surface area contributed by atoms with Gasteiger partial charge < -0.3 is 15.2 Å². The second kappa shape index (κ2) is 5.71. The Morgan fingerprint density at radius 2 is 1.80 bits per heavy atom. The number of aromatic amines is 1. The molecule has 2 aliphatic heterocycles. The molecule has 3 heterocycles. The molecule has 0 unspecified atom stereocenters. The Labute approximate surface area is 147 Å². The van der Waals surface area contributed by atoms with Crippen molar-refractivity contribution in [3.05, 3.63) is 33.7 Å². The van der Waals surface area contributed by atoms with Gasteiger partial charge in [-0.15, -0.1) is 0 Å². The van der Waals surface area contributed by atoms with Gasteiger partial charge in [-0.05, 0) is 57.4 Å². The van der Waals surface area contributed by atoms with E-state index in [0.29, 0.717) is 30.5 Å². The molecule has 134 valence electrons. The van der Waals surface area contributed by atoms with Gasteiger partial charge in [-0.3, -0.25) is 14.4 Å². The van der Waals surface area contributed by atoms with Crippen LogP contribution in [0.3, 0.4) is 0 Å². The molecule has 1 atom stereocenters. The van der Waals surface area contributed by atoms with E-state index in [-0.39, 0.29) is 28.8 Å². The number of hydrogen-bond donors (Lipinski definition) is 2. The van der Waals surface area contributed by atoms with E-state index in [2.05, 4.69) is 10.3 Å². The Morgan fingerprint density at radius 1 is 1.12 bits per heavy atom. The number of β-lactam (4-membered cyclic amide) rings is 1. The van der Waals surface area contributed by atoms with Crippen molar-refractivity contribution in [3.8, 4) is 0 Å². The summed E-state index contributed by atoms with van der Waals surface area (Å²) in [5, 5.41) is 3.02. The number of pyridine rings is 1. The van der Waals surface area contributed by atoms with E-state index in [4.69, 9.17) is 0 Å². The number of nitrogens with zero attached hydrogens (tertiary/aromatic N) is 1. The number of H-pyrrole nitrogens is 1. The molecule has 0 spiro atoms. The number of carbonyl (C=O) groups is 2. The predicted molar refractivity (Wildman–Crippen MR) is 93.4 cm³/mol. The van der Waals surface area contributed by atoms with Crippen molar-refractivity contribution in [2.24, 2.45) is 11.3 Å². The number of nitrogens with one attached hydrogen (secondary N) is 2. The van der Waals surface area contributed by atoms with Crippen LogP contribution in [0, 0.1) is 11.3 Å². The minimum atomic E-state index is -0.303. The third kappa shape index (κ3) is 2.87. The van der Waals surface area contributed by atoms with Gasteiger partial charge in [0, 0.05) is 36.5 Å². The average Bonchev–Trinajstić information content (AvgIpc) is 3.44. The van der Waals surface area contributed by atoms with E-state index < -0.39 is 0 Å². The van der Waals surface area contributed by atoms with Gasteiger partial charge in [-0.1, -0.05) is 0 Å². The quantitative estimate of drug-likeness (QED) is 0.819. The summed E-state index contributed by atoms with van der Waals surface area (Å²) in [6.07, 6.45) is 3.95. The van der Waals surface area contributed by atoms with Crippen LogP contribution in [0.1, 0.15) is 61.5 Å². The van der Waals surface area contributed by atoms with Gasteiger partial charge in [-0.25, -0.2) is 0 Å². The van der Waals surface area contributed by atoms with E-state index in [1.165, 1.54) is 6.07 Å². The smallest absolute Gasteiger partial charge is 0.254 e. The highest BCUT2D eigenvalue weighted by Gasteiger charge is 2.51. The largest absolute Gasteiger partial charge is 0.351 e. The normalized spacial score (nSPS) is 26.1. The van der Waals surface area contributed by atoms with Crippen molar-refractivity contribution in [1.29, 1.82) is 0 Å². The van der Waals surface area contributed by atoms with Crippen molar-refractivity contribution in [2.45, 2.75) is 51.5 Å². The van der Waals surface area contributed by atoms with E-state index in [1.54, 1.807) is 0 Å². The summed E-state index contributed by atoms with van der Waals surface area (Å²) in [6, 6.07) is 3.47. The monoisotopic (exact) mass is 343 g/mol. The standard InChI is InChI=1S/C19H25N3O3/c1-19(2)16(21-18(19)25)12-5-7-22(8-6-12)17(24)13-9-14(11-3-4-11)20-15(23)10-13/h9-12,16H,3-8H2,1-2H3,(H,20,23)(H,21,25)/t16-/m0/s1. The van der Waals surface area contributed by atoms with Crippen molar-refractivity contribution in [1.82, 2.24) is 15.2 Å². The molecule has 6 nitrogen and oxygen atoms in total. The SMILES string of the molecule is CC1(C)C(=O)N[C@H]1C1CCN(C(=O)c2cc(C3CC3)[nH]c(=O)c2)CC1. The van der Waals surface area contributed by atoms with Crippen LogP contribution in [0.2, 0.25) is 0 Å². The molecular formula is C19H25N3O3. The number of amides is 2. The predicted octanol–water partition coefficient (Wildman–Crippen LogP) is 1.63. The molecule has 1 aromatic heterocycles. The molecule has 4 rings (SSSR count). The van der Waals surface area contributed by atoms with E-state index in [9.17, 15) is 14.4 Å². The molecule has 25 heavy (non-hydrogen) atoms. The van der Waals surface area contributed by atoms with Crippen molar-refractivity contribution < 1.29 is 9.59 Å². The fraction of sp³-hybridized carbons (Fsp3) is 0.632. The highest BCUT2D eigenvalue weighted by atomic mass is 16.2. The molecular weight excluding hydrogens is 318 g/mol.